The molecule has 4 aliphatic carbocycles. The zero-order chi connectivity index (χ0) is 20.9. The first-order valence-electron chi connectivity index (χ1n) is 11.3. The Kier molecular flexibility index (Phi) is 5.16. The summed E-state index contributed by atoms with van der Waals surface area (Å²) in [5.41, 5.74) is 3.62. The molecule has 5 nitrogen and oxygen atoms in total. The molecule has 4 bridgehead atoms. The molecule has 0 atom stereocenters. The molecule has 0 saturated heterocycles. The van der Waals surface area contributed by atoms with Crippen molar-refractivity contribution < 1.29 is 4.79 Å². The lowest BCUT2D eigenvalue weighted by Crippen LogP contribution is -2.47. The quantitative estimate of drug-likeness (QED) is 0.669. The predicted molar refractivity (Wildman–Crippen MR) is 121 cm³/mol. The maximum atomic E-state index is 12.4. The van der Waals surface area contributed by atoms with E-state index in [0.717, 1.165) is 52.0 Å². The summed E-state index contributed by atoms with van der Waals surface area (Å²) >= 11 is 1.47. The van der Waals surface area contributed by atoms with Crippen LogP contribution in [0, 0.1) is 37.0 Å². The van der Waals surface area contributed by atoms with E-state index in [1.165, 1.54) is 50.3 Å². The highest BCUT2D eigenvalue weighted by Crippen LogP contribution is 2.60. The van der Waals surface area contributed by atoms with Crippen molar-refractivity contribution in [2.45, 2.75) is 63.9 Å². The summed E-state index contributed by atoms with van der Waals surface area (Å²) in [6, 6.07) is 6.11. The molecular weight excluding hydrogens is 392 g/mol. The smallest absolute Gasteiger partial charge is 0.234 e. The van der Waals surface area contributed by atoms with Crippen LogP contribution in [-0.4, -0.2) is 26.4 Å². The molecule has 0 aliphatic heterocycles. The number of anilines is 1. The number of nitrogens with zero attached hydrogens (tertiary/aromatic N) is 3. The SMILES string of the molecule is Cc1cc(C)cc(NC(=O)CSc2nnc(CC34CC5CC(CC(C5)C3)C4)n2C)c1. The summed E-state index contributed by atoms with van der Waals surface area (Å²) in [4.78, 5) is 12.4. The second-order valence-corrected chi connectivity index (χ2v) is 11.2. The number of hydrogen-bond donors (Lipinski definition) is 1. The maximum Gasteiger partial charge on any atom is 0.234 e. The van der Waals surface area contributed by atoms with Crippen molar-refractivity contribution in [1.82, 2.24) is 14.8 Å². The Labute approximate surface area is 183 Å². The summed E-state index contributed by atoms with van der Waals surface area (Å²) in [6.45, 7) is 4.09. The Bertz CT molecular complexity index is 911. The molecule has 160 valence electrons. The molecule has 1 amide bonds. The van der Waals surface area contributed by atoms with E-state index in [-0.39, 0.29) is 5.91 Å². The van der Waals surface area contributed by atoms with Crippen molar-refractivity contribution in [2.75, 3.05) is 11.1 Å². The zero-order valence-electron chi connectivity index (χ0n) is 18.3. The third kappa shape index (κ3) is 4.03. The summed E-state index contributed by atoms with van der Waals surface area (Å²) in [5.74, 6) is 4.28. The van der Waals surface area contributed by atoms with Gasteiger partial charge in [-0.25, -0.2) is 0 Å². The highest BCUT2D eigenvalue weighted by molar-refractivity contribution is 7.99. The molecule has 0 radical (unpaired) electrons. The molecule has 4 fully saturated rings. The minimum atomic E-state index is -0.00404. The largest absolute Gasteiger partial charge is 0.325 e. The van der Waals surface area contributed by atoms with Crippen molar-refractivity contribution in [2.24, 2.45) is 30.2 Å². The first-order chi connectivity index (χ1) is 14.4. The summed E-state index contributed by atoms with van der Waals surface area (Å²) in [5, 5.41) is 12.8. The lowest BCUT2D eigenvalue weighted by atomic mass is 9.49. The Balaban J connectivity index is 1.21. The van der Waals surface area contributed by atoms with Gasteiger partial charge in [-0.15, -0.1) is 10.2 Å². The lowest BCUT2D eigenvalue weighted by Gasteiger charge is -2.56. The van der Waals surface area contributed by atoms with Gasteiger partial charge >= 0.3 is 0 Å². The average Bonchev–Trinajstić information content (AvgIpc) is 2.97. The molecule has 6 rings (SSSR count). The first kappa shape index (κ1) is 20.1. The number of carbonyl (C=O) groups excluding carboxylic acids is 1. The van der Waals surface area contributed by atoms with Gasteiger partial charge in [0.1, 0.15) is 5.82 Å². The lowest BCUT2D eigenvalue weighted by molar-refractivity contribution is -0.113. The van der Waals surface area contributed by atoms with E-state index in [9.17, 15) is 4.79 Å². The van der Waals surface area contributed by atoms with Gasteiger partial charge in [0.2, 0.25) is 5.91 Å². The number of hydrogen-bond acceptors (Lipinski definition) is 4. The average molecular weight is 425 g/mol. The van der Waals surface area contributed by atoms with Crippen LogP contribution in [-0.2, 0) is 18.3 Å². The number of rotatable bonds is 6. The van der Waals surface area contributed by atoms with Crippen LogP contribution in [0.4, 0.5) is 5.69 Å². The summed E-state index contributed by atoms with van der Waals surface area (Å²) in [6.07, 6.45) is 9.60. The Morgan fingerprint density at radius 1 is 1.07 bits per heavy atom. The normalized spacial score (nSPS) is 29.4. The van der Waals surface area contributed by atoms with Gasteiger partial charge in [0.25, 0.3) is 0 Å². The van der Waals surface area contributed by atoms with Crippen molar-refractivity contribution in [3.05, 3.63) is 35.2 Å². The van der Waals surface area contributed by atoms with Crippen molar-refractivity contribution >= 4 is 23.4 Å². The zero-order valence-corrected chi connectivity index (χ0v) is 19.1. The molecule has 4 aliphatic rings. The minimum absolute atomic E-state index is 0.00404. The Morgan fingerprint density at radius 2 is 1.67 bits per heavy atom. The van der Waals surface area contributed by atoms with Crippen molar-refractivity contribution in [3.63, 3.8) is 0 Å². The van der Waals surface area contributed by atoms with Crippen LogP contribution in [0.2, 0.25) is 0 Å². The fraction of sp³-hybridized carbons (Fsp3) is 0.625. The molecule has 0 unspecified atom stereocenters. The number of benzene rings is 1. The Hall–Kier alpha value is -1.82. The fourth-order valence-electron chi connectivity index (χ4n) is 6.84. The molecule has 1 aromatic heterocycles. The van der Waals surface area contributed by atoms with E-state index in [1.54, 1.807) is 0 Å². The predicted octanol–water partition coefficient (Wildman–Crippen LogP) is 4.92. The minimum Gasteiger partial charge on any atom is -0.325 e. The van der Waals surface area contributed by atoms with Crippen LogP contribution in [0.3, 0.4) is 0 Å². The topological polar surface area (TPSA) is 59.8 Å². The van der Waals surface area contributed by atoms with E-state index in [4.69, 9.17) is 0 Å². The number of aromatic nitrogens is 3. The molecule has 1 aromatic carbocycles. The molecule has 30 heavy (non-hydrogen) atoms. The second-order valence-electron chi connectivity index (χ2n) is 10.3. The molecule has 2 aromatic rings. The van der Waals surface area contributed by atoms with E-state index in [1.807, 2.05) is 26.0 Å². The highest BCUT2D eigenvalue weighted by Gasteiger charge is 2.51. The van der Waals surface area contributed by atoms with Crippen LogP contribution < -0.4 is 5.32 Å². The van der Waals surface area contributed by atoms with Gasteiger partial charge in [-0.3, -0.25) is 4.79 Å². The third-order valence-electron chi connectivity index (χ3n) is 7.46. The molecule has 1 heterocycles. The van der Waals surface area contributed by atoms with Gasteiger partial charge in [-0.1, -0.05) is 17.8 Å². The van der Waals surface area contributed by atoms with Crippen LogP contribution in [0.25, 0.3) is 0 Å². The highest BCUT2D eigenvalue weighted by atomic mass is 32.2. The molecule has 1 N–H and O–H groups in total. The number of amides is 1. The molecule has 4 saturated carbocycles. The molecular formula is C24H32N4OS. The number of aryl methyl sites for hydroxylation is 2. The van der Waals surface area contributed by atoms with Gasteiger partial charge in [-0.05, 0) is 98.8 Å². The summed E-state index contributed by atoms with van der Waals surface area (Å²) in [7, 11) is 2.06. The van der Waals surface area contributed by atoms with Gasteiger partial charge in [-0.2, -0.15) is 0 Å². The van der Waals surface area contributed by atoms with Crippen LogP contribution >= 0.6 is 11.8 Å². The van der Waals surface area contributed by atoms with Crippen LogP contribution in [0.15, 0.2) is 23.4 Å². The molecule has 6 heteroatoms. The Morgan fingerprint density at radius 3 is 2.27 bits per heavy atom. The van der Waals surface area contributed by atoms with E-state index in [0.29, 0.717) is 11.2 Å². The number of thioether (sulfide) groups is 1. The monoisotopic (exact) mass is 424 g/mol. The van der Waals surface area contributed by atoms with Crippen molar-refractivity contribution in [3.8, 4) is 0 Å². The maximum absolute atomic E-state index is 12.4. The van der Waals surface area contributed by atoms with E-state index in [2.05, 4.69) is 33.2 Å². The van der Waals surface area contributed by atoms with Gasteiger partial charge < -0.3 is 9.88 Å². The van der Waals surface area contributed by atoms with Crippen LogP contribution in [0.1, 0.15) is 55.5 Å². The number of carbonyl (C=O) groups is 1. The van der Waals surface area contributed by atoms with Gasteiger partial charge in [0.05, 0.1) is 5.75 Å². The van der Waals surface area contributed by atoms with E-state index >= 15 is 0 Å². The standard InChI is InChI=1S/C24H32N4OS/c1-15-4-16(2)6-20(5-15)25-22(29)14-30-23-27-26-21(28(23)3)13-24-10-17-7-18(11-24)9-19(8-17)12-24/h4-6,17-19H,7-14H2,1-3H3,(H,25,29). The fourth-order valence-corrected chi connectivity index (χ4v) is 7.57. The summed E-state index contributed by atoms with van der Waals surface area (Å²) < 4.78 is 2.12. The number of nitrogens with one attached hydrogen (secondary N) is 1. The van der Waals surface area contributed by atoms with Crippen LogP contribution in [0.5, 0.6) is 0 Å². The first-order valence-corrected chi connectivity index (χ1v) is 12.3. The van der Waals surface area contributed by atoms with Gasteiger partial charge in [0, 0.05) is 19.2 Å². The second kappa shape index (κ2) is 7.70. The molecule has 0 spiro atoms. The van der Waals surface area contributed by atoms with E-state index < -0.39 is 0 Å². The van der Waals surface area contributed by atoms with Gasteiger partial charge in [0.15, 0.2) is 5.16 Å². The third-order valence-corrected chi connectivity index (χ3v) is 8.48. The van der Waals surface area contributed by atoms with Crippen molar-refractivity contribution in [1.29, 1.82) is 0 Å².